The van der Waals surface area contributed by atoms with Gasteiger partial charge in [-0.2, -0.15) is 0 Å². The maximum Gasteiger partial charge on any atom is 0.165 e. The molecule has 0 fully saturated rings. The first kappa shape index (κ1) is 14.4. The topological polar surface area (TPSA) is 43.1 Å². The van der Waals surface area contributed by atoms with Crippen molar-refractivity contribution < 1.29 is 4.79 Å². The fraction of sp³-hybridized carbons (Fsp3) is 0.769. The quantitative estimate of drug-likeness (QED) is 0.658. The van der Waals surface area contributed by atoms with Crippen LogP contribution in [0.3, 0.4) is 0 Å². The number of carbonyl (C=O) groups excluding carboxylic acids is 1. The van der Waals surface area contributed by atoms with Crippen molar-refractivity contribution in [3.63, 3.8) is 0 Å². The van der Waals surface area contributed by atoms with Crippen molar-refractivity contribution in [2.24, 2.45) is 17.1 Å². The van der Waals surface area contributed by atoms with Crippen LogP contribution in [0.5, 0.6) is 0 Å². The molecule has 15 heavy (non-hydrogen) atoms. The Morgan fingerprint density at radius 3 is 2.27 bits per heavy atom. The lowest BCUT2D eigenvalue weighted by molar-refractivity contribution is -0.125. The van der Waals surface area contributed by atoms with E-state index in [1.807, 2.05) is 6.92 Å². The molecule has 0 aromatic heterocycles. The molecule has 0 heterocycles. The van der Waals surface area contributed by atoms with Crippen molar-refractivity contribution in [3.05, 3.63) is 12.2 Å². The molecule has 2 heteroatoms. The molecule has 0 aromatic carbocycles. The summed E-state index contributed by atoms with van der Waals surface area (Å²) >= 11 is 0. The van der Waals surface area contributed by atoms with Gasteiger partial charge in [-0.1, -0.05) is 27.4 Å². The minimum atomic E-state index is -0.365. The zero-order chi connectivity index (χ0) is 12.1. The zero-order valence-corrected chi connectivity index (χ0v) is 10.6. The molecule has 0 bridgehead atoms. The molecule has 88 valence electrons. The first-order chi connectivity index (χ1) is 6.89. The zero-order valence-electron chi connectivity index (χ0n) is 10.6. The molecule has 0 amide bonds. The van der Waals surface area contributed by atoms with Gasteiger partial charge >= 0.3 is 0 Å². The standard InChI is InChI=1S/C13H25NO/c1-6-13(9-14,8-7-10(2)3)12(15)11(4)5/h10H,4,6-9,14H2,1-3,5H3. The number of nitrogens with two attached hydrogens (primary N) is 1. The molecule has 0 rings (SSSR count). The molecule has 2 nitrogen and oxygen atoms in total. The van der Waals surface area contributed by atoms with E-state index in [9.17, 15) is 4.79 Å². The predicted molar refractivity (Wildman–Crippen MR) is 65.7 cm³/mol. The van der Waals surface area contributed by atoms with Crippen LogP contribution in [-0.2, 0) is 4.79 Å². The third-order valence-corrected chi connectivity index (χ3v) is 3.14. The van der Waals surface area contributed by atoms with Crippen molar-refractivity contribution in [2.45, 2.75) is 47.0 Å². The lowest BCUT2D eigenvalue weighted by Gasteiger charge is -2.30. The molecule has 0 aromatic rings. The van der Waals surface area contributed by atoms with E-state index in [2.05, 4.69) is 20.4 Å². The maximum absolute atomic E-state index is 12.1. The maximum atomic E-state index is 12.1. The van der Waals surface area contributed by atoms with Crippen LogP contribution in [0.25, 0.3) is 0 Å². The second-order valence-corrected chi connectivity index (χ2v) is 4.88. The molecule has 1 unspecified atom stereocenters. The molecule has 1 atom stereocenters. The molecule has 0 saturated carbocycles. The van der Waals surface area contributed by atoms with Crippen molar-refractivity contribution in [1.82, 2.24) is 0 Å². The van der Waals surface area contributed by atoms with Crippen LogP contribution < -0.4 is 5.73 Å². The summed E-state index contributed by atoms with van der Waals surface area (Å²) in [5.41, 5.74) is 6.05. The number of carbonyl (C=O) groups is 1. The Balaban J connectivity index is 4.72. The fourth-order valence-corrected chi connectivity index (χ4v) is 1.81. The highest BCUT2D eigenvalue weighted by Crippen LogP contribution is 2.32. The van der Waals surface area contributed by atoms with Gasteiger partial charge in [-0.05, 0) is 37.7 Å². The number of hydrogen-bond acceptors (Lipinski definition) is 2. The summed E-state index contributed by atoms with van der Waals surface area (Å²) < 4.78 is 0. The molecular weight excluding hydrogens is 186 g/mol. The first-order valence-electron chi connectivity index (χ1n) is 5.80. The van der Waals surface area contributed by atoms with Crippen molar-refractivity contribution in [1.29, 1.82) is 0 Å². The Hall–Kier alpha value is -0.630. The van der Waals surface area contributed by atoms with E-state index in [1.165, 1.54) is 0 Å². The molecule has 0 aliphatic heterocycles. The Morgan fingerprint density at radius 1 is 1.47 bits per heavy atom. The third kappa shape index (κ3) is 3.78. The molecule has 0 saturated heterocycles. The van der Waals surface area contributed by atoms with Crippen LogP contribution in [0.4, 0.5) is 0 Å². The van der Waals surface area contributed by atoms with Gasteiger partial charge in [0.05, 0.1) is 0 Å². The monoisotopic (exact) mass is 211 g/mol. The highest BCUT2D eigenvalue weighted by Gasteiger charge is 2.34. The van der Waals surface area contributed by atoms with Gasteiger partial charge in [0.25, 0.3) is 0 Å². The van der Waals surface area contributed by atoms with Gasteiger partial charge in [0.1, 0.15) is 0 Å². The number of hydrogen-bond donors (Lipinski definition) is 1. The summed E-state index contributed by atoms with van der Waals surface area (Å²) in [5, 5.41) is 0. The summed E-state index contributed by atoms with van der Waals surface area (Å²) in [4.78, 5) is 12.1. The van der Waals surface area contributed by atoms with Crippen molar-refractivity contribution in [3.8, 4) is 0 Å². The molecule has 0 aliphatic rings. The lowest BCUT2D eigenvalue weighted by Crippen LogP contribution is -2.38. The van der Waals surface area contributed by atoms with Gasteiger partial charge in [-0.25, -0.2) is 0 Å². The van der Waals surface area contributed by atoms with Crippen LogP contribution in [0, 0.1) is 11.3 Å². The van der Waals surface area contributed by atoms with E-state index in [1.54, 1.807) is 6.92 Å². The van der Waals surface area contributed by atoms with E-state index in [0.29, 0.717) is 18.0 Å². The third-order valence-electron chi connectivity index (χ3n) is 3.14. The number of allylic oxidation sites excluding steroid dienone is 1. The van der Waals surface area contributed by atoms with Gasteiger partial charge < -0.3 is 5.73 Å². The molecule has 0 radical (unpaired) electrons. The highest BCUT2D eigenvalue weighted by molar-refractivity contribution is 5.99. The minimum Gasteiger partial charge on any atom is -0.329 e. The van der Waals surface area contributed by atoms with Gasteiger partial charge in [-0.3, -0.25) is 4.79 Å². The van der Waals surface area contributed by atoms with Gasteiger partial charge in [0.15, 0.2) is 5.78 Å². The first-order valence-corrected chi connectivity index (χ1v) is 5.80. The number of rotatable bonds is 7. The molecule has 0 aliphatic carbocycles. The summed E-state index contributed by atoms with van der Waals surface area (Å²) in [6.45, 7) is 12.3. The normalized spacial score (nSPS) is 15.1. The largest absolute Gasteiger partial charge is 0.329 e. The Kier molecular flexibility index (Phi) is 5.81. The summed E-state index contributed by atoms with van der Waals surface area (Å²) in [5.74, 6) is 0.758. The van der Waals surface area contributed by atoms with E-state index < -0.39 is 0 Å². The molecular formula is C13H25NO. The van der Waals surface area contributed by atoms with Crippen LogP contribution in [0.15, 0.2) is 12.2 Å². The summed E-state index contributed by atoms with van der Waals surface area (Å²) in [6.07, 6.45) is 2.73. The van der Waals surface area contributed by atoms with Crippen LogP contribution in [0.1, 0.15) is 47.0 Å². The van der Waals surface area contributed by atoms with Crippen LogP contribution in [0.2, 0.25) is 0 Å². The van der Waals surface area contributed by atoms with E-state index >= 15 is 0 Å². The average molecular weight is 211 g/mol. The smallest absolute Gasteiger partial charge is 0.165 e. The fourth-order valence-electron chi connectivity index (χ4n) is 1.81. The predicted octanol–water partition coefficient (Wildman–Crippen LogP) is 2.92. The Morgan fingerprint density at radius 2 is 2.00 bits per heavy atom. The van der Waals surface area contributed by atoms with Crippen LogP contribution >= 0.6 is 0 Å². The minimum absolute atomic E-state index is 0.146. The van der Waals surface area contributed by atoms with E-state index in [-0.39, 0.29) is 11.2 Å². The highest BCUT2D eigenvalue weighted by atomic mass is 16.1. The van der Waals surface area contributed by atoms with Crippen LogP contribution in [-0.4, -0.2) is 12.3 Å². The van der Waals surface area contributed by atoms with Crippen molar-refractivity contribution >= 4 is 5.78 Å². The summed E-state index contributed by atoms with van der Waals surface area (Å²) in [7, 11) is 0. The number of Topliss-reactive ketones (excluding diaryl/α,β-unsaturated/α-hetero) is 1. The van der Waals surface area contributed by atoms with Gasteiger partial charge in [0.2, 0.25) is 0 Å². The van der Waals surface area contributed by atoms with E-state index in [4.69, 9.17) is 5.73 Å². The van der Waals surface area contributed by atoms with Crippen molar-refractivity contribution in [2.75, 3.05) is 6.54 Å². The number of ketones is 1. The summed E-state index contributed by atoms with van der Waals surface area (Å²) in [6, 6.07) is 0. The second kappa shape index (κ2) is 6.06. The van der Waals surface area contributed by atoms with Gasteiger partial charge in [-0.15, -0.1) is 0 Å². The Labute approximate surface area is 93.9 Å². The van der Waals surface area contributed by atoms with E-state index in [0.717, 1.165) is 19.3 Å². The van der Waals surface area contributed by atoms with Gasteiger partial charge in [0, 0.05) is 12.0 Å². The molecule has 2 N–H and O–H groups in total. The average Bonchev–Trinajstić information content (AvgIpc) is 2.19. The SMILES string of the molecule is C=C(C)C(=O)C(CC)(CN)CCC(C)C. The second-order valence-electron chi connectivity index (χ2n) is 4.88. The lowest BCUT2D eigenvalue weighted by atomic mass is 9.74. The molecule has 0 spiro atoms. The Bertz CT molecular complexity index is 227.